The number of hydrogen-bond donors (Lipinski definition) is 0. The molecular weight excluding hydrogens is 536 g/mol. The van der Waals surface area contributed by atoms with Gasteiger partial charge in [-0.15, -0.1) is 0 Å². The van der Waals surface area contributed by atoms with Gasteiger partial charge < -0.3 is 9.15 Å². The van der Waals surface area contributed by atoms with E-state index in [-0.39, 0.29) is 38.4 Å². The number of piperidine rings is 1. The molecule has 2 aromatic heterocycles. The van der Waals surface area contributed by atoms with Crippen molar-refractivity contribution in [3.63, 3.8) is 0 Å². The molecule has 1 aliphatic heterocycles. The van der Waals surface area contributed by atoms with Crippen molar-refractivity contribution in [2.45, 2.75) is 31.2 Å². The first kappa shape index (κ1) is 26.3. The number of furan rings is 1. The molecule has 0 saturated carbocycles. The Labute approximate surface area is 222 Å². The summed E-state index contributed by atoms with van der Waals surface area (Å²) in [6, 6.07) is 11.4. The highest BCUT2D eigenvalue weighted by molar-refractivity contribution is 7.89. The Hall–Kier alpha value is -3.35. The van der Waals surface area contributed by atoms with Crippen LogP contribution in [0.3, 0.4) is 0 Å². The van der Waals surface area contributed by atoms with E-state index in [4.69, 9.17) is 14.1 Å². The molecule has 0 N–H and O–H groups in total. The number of rotatable bonds is 8. The average Bonchev–Trinajstić information content (AvgIpc) is 3.59. The van der Waals surface area contributed by atoms with Gasteiger partial charge in [0.1, 0.15) is 33.6 Å². The summed E-state index contributed by atoms with van der Waals surface area (Å²) in [5.41, 5.74) is 0.657. The molecule has 0 unspecified atom stereocenters. The van der Waals surface area contributed by atoms with Crippen molar-refractivity contribution >= 4 is 42.6 Å². The maximum atomic E-state index is 14.2. The molecular formula is C26H25F2N3O5S2. The lowest BCUT2D eigenvalue weighted by Crippen LogP contribution is -2.44. The number of halogens is 2. The third kappa shape index (κ3) is 5.16. The van der Waals surface area contributed by atoms with Crippen LogP contribution in [-0.2, 0) is 21.4 Å². The fraction of sp³-hybridized carbons (Fsp3) is 0.308. The van der Waals surface area contributed by atoms with Crippen LogP contribution < -0.4 is 9.64 Å². The van der Waals surface area contributed by atoms with Gasteiger partial charge in [0.05, 0.1) is 24.1 Å². The standard InChI is InChI=1S/C26H25F2N3O5S2/c1-2-35-21-6-3-7-22-24(21)29-26(37-22)31(16-19-5-4-14-36-19)25(32)17-10-12-30(13-11-17)38(33,34)23-15-18(27)8-9-20(23)28/h3-9,14-15,17H,2,10-13,16H2,1H3. The van der Waals surface area contributed by atoms with Crippen LogP contribution in [-0.4, -0.2) is 43.3 Å². The van der Waals surface area contributed by atoms with Crippen LogP contribution >= 0.6 is 11.3 Å². The molecule has 0 spiro atoms. The van der Waals surface area contributed by atoms with Crippen molar-refractivity contribution in [1.82, 2.24) is 9.29 Å². The van der Waals surface area contributed by atoms with E-state index in [9.17, 15) is 22.0 Å². The number of carbonyl (C=O) groups is 1. The number of aromatic nitrogens is 1. The summed E-state index contributed by atoms with van der Waals surface area (Å²) in [5.74, 6) is -1.37. The molecule has 200 valence electrons. The molecule has 5 rings (SSSR count). The Balaban J connectivity index is 1.38. The molecule has 3 heterocycles. The Morgan fingerprint density at radius 3 is 2.68 bits per heavy atom. The van der Waals surface area contributed by atoms with Gasteiger partial charge in [0.25, 0.3) is 0 Å². The van der Waals surface area contributed by atoms with Gasteiger partial charge in [0.15, 0.2) is 5.13 Å². The van der Waals surface area contributed by atoms with Crippen molar-refractivity contribution in [2.75, 3.05) is 24.6 Å². The summed E-state index contributed by atoms with van der Waals surface area (Å²) in [6.45, 7) is 2.51. The first-order valence-corrected chi connectivity index (χ1v) is 14.3. The van der Waals surface area contributed by atoms with Gasteiger partial charge in [-0.2, -0.15) is 4.31 Å². The number of nitrogens with zero attached hydrogens (tertiary/aromatic N) is 3. The van der Waals surface area contributed by atoms with Gasteiger partial charge in [-0.05, 0) is 62.2 Å². The highest BCUT2D eigenvalue weighted by Crippen LogP contribution is 2.36. The van der Waals surface area contributed by atoms with E-state index < -0.39 is 32.5 Å². The van der Waals surface area contributed by atoms with Crippen LogP contribution in [0.25, 0.3) is 10.2 Å². The lowest BCUT2D eigenvalue weighted by molar-refractivity contribution is -0.123. The number of benzene rings is 2. The van der Waals surface area contributed by atoms with E-state index in [0.29, 0.717) is 34.8 Å². The second-order valence-corrected chi connectivity index (χ2v) is 11.7. The monoisotopic (exact) mass is 561 g/mol. The molecule has 1 fully saturated rings. The van der Waals surface area contributed by atoms with Gasteiger partial charge in [-0.1, -0.05) is 17.4 Å². The SMILES string of the molecule is CCOc1cccc2sc(N(Cc3ccco3)C(=O)C3CCN(S(=O)(=O)c4cc(F)ccc4F)CC3)nc12. The third-order valence-electron chi connectivity index (χ3n) is 6.38. The molecule has 0 radical (unpaired) electrons. The number of hydrogen-bond acceptors (Lipinski definition) is 7. The predicted molar refractivity (Wildman–Crippen MR) is 139 cm³/mol. The van der Waals surface area contributed by atoms with Crippen molar-refractivity contribution in [1.29, 1.82) is 0 Å². The fourth-order valence-corrected chi connectivity index (χ4v) is 7.01. The molecule has 12 heteroatoms. The largest absolute Gasteiger partial charge is 0.492 e. The van der Waals surface area contributed by atoms with E-state index in [1.54, 1.807) is 17.0 Å². The van der Waals surface area contributed by atoms with Crippen LogP contribution in [0, 0.1) is 17.6 Å². The highest BCUT2D eigenvalue weighted by Gasteiger charge is 2.36. The molecule has 0 bridgehead atoms. The highest BCUT2D eigenvalue weighted by atomic mass is 32.2. The van der Waals surface area contributed by atoms with Crippen LogP contribution in [0.1, 0.15) is 25.5 Å². The molecule has 38 heavy (non-hydrogen) atoms. The molecule has 2 aromatic carbocycles. The number of thiazole rings is 1. The first-order chi connectivity index (χ1) is 18.3. The molecule has 8 nitrogen and oxygen atoms in total. The Morgan fingerprint density at radius 2 is 1.97 bits per heavy atom. The molecule has 0 atom stereocenters. The summed E-state index contributed by atoms with van der Waals surface area (Å²) in [6.07, 6.45) is 1.97. The van der Waals surface area contributed by atoms with E-state index in [0.717, 1.165) is 21.1 Å². The fourth-order valence-electron chi connectivity index (χ4n) is 4.47. The van der Waals surface area contributed by atoms with E-state index in [1.165, 1.54) is 17.6 Å². The number of amides is 1. The van der Waals surface area contributed by atoms with Crippen LogP contribution in [0.4, 0.5) is 13.9 Å². The first-order valence-electron chi connectivity index (χ1n) is 12.1. The predicted octanol–water partition coefficient (Wildman–Crippen LogP) is 5.20. The zero-order chi connectivity index (χ0) is 26.9. The molecule has 1 saturated heterocycles. The Morgan fingerprint density at radius 1 is 1.18 bits per heavy atom. The number of ether oxygens (including phenoxy) is 1. The van der Waals surface area contributed by atoms with Gasteiger partial charge in [-0.25, -0.2) is 22.2 Å². The smallest absolute Gasteiger partial charge is 0.246 e. The number of para-hydroxylation sites is 1. The van der Waals surface area contributed by atoms with E-state index >= 15 is 0 Å². The molecule has 1 amide bonds. The zero-order valence-electron chi connectivity index (χ0n) is 20.5. The zero-order valence-corrected chi connectivity index (χ0v) is 22.1. The minimum absolute atomic E-state index is 0.00236. The lowest BCUT2D eigenvalue weighted by Gasteiger charge is -2.32. The minimum atomic E-state index is -4.25. The van der Waals surface area contributed by atoms with Crippen LogP contribution in [0.2, 0.25) is 0 Å². The van der Waals surface area contributed by atoms with Gasteiger partial charge in [0.2, 0.25) is 15.9 Å². The molecule has 4 aromatic rings. The lowest BCUT2D eigenvalue weighted by atomic mass is 9.96. The molecule has 0 aliphatic carbocycles. The normalized spacial score (nSPS) is 15.1. The van der Waals surface area contributed by atoms with E-state index in [1.807, 2.05) is 25.1 Å². The second-order valence-electron chi connectivity index (χ2n) is 8.79. The third-order valence-corrected chi connectivity index (χ3v) is 9.33. The topological polar surface area (TPSA) is 93.0 Å². The number of carbonyl (C=O) groups excluding carboxylic acids is 1. The minimum Gasteiger partial charge on any atom is -0.492 e. The summed E-state index contributed by atoms with van der Waals surface area (Å²) in [4.78, 5) is 19.3. The van der Waals surface area contributed by atoms with E-state index in [2.05, 4.69) is 0 Å². The maximum Gasteiger partial charge on any atom is 0.246 e. The number of anilines is 1. The van der Waals surface area contributed by atoms with Crippen molar-refractivity contribution in [3.8, 4) is 5.75 Å². The average molecular weight is 562 g/mol. The summed E-state index contributed by atoms with van der Waals surface area (Å²) in [7, 11) is -4.25. The van der Waals surface area contributed by atoms with Gasteiger partial charge in [0, 0.05) is 19.0 Å². The quantitative estimate of drug-likeness (QED) is 0.294. The second kappa shape index (κ2) is 10.8. The summed E-state index contributed by atoms with van der Waals surface area (Å²) < 4.78 is 67.0. The Kier molecular flexibility index (Phi) is 7.46. The van der Waals surface area contributed by atoms with Gasteiger partial charge in [-0.3, -0.25) is 9.69 Å². The Bertz CT molecular complexity index is 1550. The number of fused-ring (bicyclic) bond motifs is 1. The number of sulfonamides is 1. The summed E-state index contributed by atoms with van der Waals surface area (Å²) >= 11 is 1.35. The van der Waals surface area contributed by atoms with Crippen molar-refractivity contribution in [3.05, 3.63) is 72.2 Å². The van der Waals surface area contributed by atoms with Crippen molar-refractivity contribution < 1.29 is 31.1 Å². The van der Waals surface area contributed by atoms with Crippen LogP contribution in [0.5, 0.6) is 5.75 Å². The molecule has 1 aliphatic rings. The van der Waals surface area contributed by atoms with Crippen LogP contribution in [0.15, 0.2) is 64.1 Å². The van der Waals surface area contributed by atoms with Crippen molar-refractivity contribution in [2.24, 2.45) is 5.92 Å². The van der Waals surface area contributed by atoms with Gasteiger partial charge >= 0.3 is 0 Å². The summed E-state index contributed by atoms with van der Waals surface area (Å²) in [5, 5.41) is 0.477. The maximum absolute atomic E-state index is 14.2.